The first kappa shape index (κ1) is 20.0. The molecule has 10 heteroatoms. The van der Waals surface area contributed by atoms with E-state index in [4.69, 9.17) is 16.6 Å². The number of nitrogens with zero attached hydrogens (tertiary/aromatic N) is 3. The summed E-state index contributed by atoms with van der Waals surface area (Å²) in [5, 5.41) is 21.1. The largest absolute Gasteiger partial charge is 0.395 e. The molecule has 0 bridgehead atoms. The molecule has 0 aliphatic carbocycles. The Morgan fingerprint density at radius 1 is 1.20 bits per heavy atom. The maximum absolute atomic E-state index is 11.8. The highest BCUT2D eigenvalue weighted by Crippen LogP contribution is 2.08. The SMILES string of the molecule is C/C(N)=N/N=C(\N)c1ccc(NC(=O)CCCC(=O)NCCO)cn1. The molecule has 0 aliphatic rings. The molecule has 0 atom stereocenters. The smallest absolute Gasteiger partial charge is 0.224 e. The van der Waals surface area contributed by atoms with Crippen LogP contribution >= 0.6 is 0 Å². The average Bonchev–Trinajstić information content (AvgIpc) is 2.58. The van der Waals surface area contributed by atoms with Gasteiger partial charge in [0.1, 0.15) is 11.5 Å². The summed E-state index contributed by atoms with van der Waals surface area (Å²) in [6, 6.07) is 3.23. The van der Waals surface area contributed by atoms with E-state index in [1.54, 1.807) is 19.1 Å². The third kappa shape index (κ3) is 8.42. The lowest BCUT2D eigenvalue weighted by Gasteiger charge is -2.06. The molecule has 0 saturated carbocycles. The van der Waals surface area contributed by atoms with Crippen molar-refractivity contribution in [3.8, 4) is 0 Å². The van der Waals surface area contributed by atoms with Crippen molar-refractivity contribution in [3.63, 3.8) is 0 Å². The highest BCUT2D eigenvalue weighted by atomic mass is 16.3. The van der Waals surface area contributed by atoms with Crippen molar-refractivity contribution >= 4 is 29.2 Å². The molecule has 0 unspecified atom stereocenters. The predicted octanol–water partition coefficient (Wildman–Crippen LogP) is -0.704. The van der Waals surface area contributed by atoms with Crippen molar-refractivity contribution in [2.24, 2.45) is 21.7 Å². The zero-order valence-corrected chi connectivity index (χ0v) is 14.0. The van der Waals surface area contributed by atoms with E-state index in [1.807, 2.05) is 0 Å². The fraction of sp³-hybridized carbons (Fsp3) is 0.400. The second-order valence-corrected chi connectivity index (χ2v) is 5.13. The summed E-state index contributed by atoms with van der Waals surface area (Å²) in [7, 11) is 0. The summed E-state index contributed by atoms with van der Waals surface area (Å²) in [5.74, 6) is -0.0408. The topological polar surface area (TPSA) is 168 Å². The normalized spacial score (nSPS) is 11.9. The fourth-order valence-corrected chi connectivity index (χ4v) is 1.72. The minimum Gasteiger partial charge on any atom is -0.395 e. The van der Waals surface area contributed by atoms with Gasteiger partial charge in [-0.25, -0.2) is 0 Å². The molecule has 0 aliphatic heterocycles. The Balaban J connectivity index is 2.44. The van der Waals surface area contributed by atoms with Crippen molar-refractivity contribution in [3.05, 3.63) is 24.0 Å². The van der Waals surface area contributed by atoms with Crippen molar-refractivity contribution in [1.82, 2.24) is 10.3 Å². The van der Waals surface area contributed by atoms with Gasteiger partial charge < -0.3 is 27.2 Å². The standard InChI is InChI=1S/C15H23N7O3/c1-10(16)21-22-15(17)12-6-5-11(9-19-12)20-14(25)4-2-3-13(24)18-7-8-23/h5-6,9,23H,2-4,7-8H2,1H3,(H2,16,21)(H2,17,22)(H,18,24)(H,20,25). The van der Waals surface area contributed by atoms with Gasteiger partial charge in [0.05, 0.1) is 18.5 Å². The summed E-state index contributed by atoms with van der Waals surface area (Å²) < 4.78 is 0. The molecule has 2 amide bonds. The number of anilines is 1. The third-order valence-electron chi connectivity index (χ3n) is 2.87. The Kier molecular flexibility index (Phi) is 8.58. The van der Waals surface area contributed by atoms with Crippen LogP contribution in [0.2, 0.25) is 0 Å². The van der Waals surface area contributed by atoms with E-state index >= 15 is 0 Å². The van der Waals surface area contributed by atoms with Crippen LogP contribution in [0, 0.1) is 0 Å². The van der Waals surface area contributed by atoms with Crippen molar-refractivity contribution < 1.29 is 14.7 Å². The van der Waals surface area contributed by atoms with E-state index in [0.717, 1.165) is 0 Å². The van der Waals surface area contributed by atoms with Crippen LogP contribution in [0.4, 0.5) is 5.69 Å². The summed E-state index contributed by atoms with van der Waals surface area (Å²) >= 11 is 0. The zero-order chi connectivity index (χ0) is 18.7. The molecule has 0 fully saturated rings. The van der Waals surface area contributed by atoms with Gasteiger partial charge in [-0.1, -0.05) is 0 Å². The van der Waals surface area contributed by atoms with Gasteiger partial charge in [-0.05, 0) is 25.5 Å². The van der Waals surface area contributed by atoms with Crippen LogP contribution in [0.25, 0.3) is 0 Å². The first-order chi connectivity index (χ1) is 11.9. The first-order valence-electron chi connectivity index (χ1n) is 7.69. The number of amides is 2. The number of nitrogens with two attached hydrogens (primary N) is 2. The van der Waals surface area contributed by atoms with Crippen LogP contribution in [0.5, 0.6) is 0 Å². The highest BCUT2D eigenvalue weighted by Gasteiger charge is 2.07. The van der Waals surface area contributed by atoms with Gasteiger partial charge in [0.25, 0.3) is 0 Å². The number of pyridine rings is 1. The zero-order valence-electron chi connectivity index (χ0n) is 14.0. The van der Waals surface area contributed by atoms with Gasteiger partial charge >= 0.3 is 0 Å². The number of aliphatic hydroxyl groups excluding tert-OH is 1. The molecule has 1 rings (SSSR count). The van der Waals surface area contributed by atoms with Crippen LogP contribution in [-0.2, 0) is 9.59 Å². The minimum absolute atomic E-state index is 0.108. The number of carbonyl (C=O) groups excluding carboxylic acids is 2. The number of nitrogens with one attached hydrogen (secondary N) is 2. The molecule has 136 valence electrons. The van der Waals surface area contributed by atoms with E-state index in [2.05, 4.69) is 25.8 Å². The number of hydrogen-bond donors (Lipinski definition) is 5. The van der Waals surface area contributed by atoms with Crippen LogP contribution in [0.3, 0.4) is 0 Å². The number of carbonyl (C=O) groups is 2. The van der Waals surface area contributed by atoms with Gasteiger partial charge in [0.2, 0.25) is 11.8 Å². The molecular formula is C15H23N7O3. The molecule has 10 nitrogen and oxygen atoms in total. The molecule has 0 spiro atoms. The quantitative estimate of drug-likeness (QED) is 0.224. The van der Waals surface area contributed by atoms with Crippen LogP contribution in [0.15, 0.2) is 28.5 Å². The van der Waals surface area contributed by atoms with Crippen molar-refractivity contribution in [1.29, 1.82) is 0 Å². The molecule has 1 heterocycles. The number of rotatable bonds is 9. The number of hydrogen-bond acceptors (Lipinski definition) is 6. The molecule has 0 radical (unpaired) electrons. The maximum Gasteiger partial charge on any atom is 0.224 e. The molecule has 7 N–H and O–H groups in total. The lowest BCUT2D eigenvalue weighted by molar-refractivity contribution is -0.121. The van der Waals surface area contributed by atoms with Gasteiger partial charge in [-0.2, -0.15) is 0 Å². The number of aromatic nitrogens is 1. The number of amidine groups is 2. The first-order valence-corrected chi connectivity index (χ1v) is 7.69. The second-order valence-electron chi connectivity index (χ2n) is 5.13. The van der Waals surface area contributed by atoms with E-state index in [0.29, 0.717) is 17.8 Å². The lowest BCUT2D eigenvalue weighted by atomic mass is 10.2. The Hall–Kier alpha value is -3.01. The molecule has 25 heavy (non-hydrogen) atoms. The van der Waals surface area contributed by atoms with Gasteiger partial charge in [-0.3, -0.25) is 14.6 Å². The maximum atomic E-state index is 11.8. The molecule has 0 saturated heterocycles. The molecule has 1 aromatic heterocycles. The van der Waals surface area contributed by atoms with E-state index < -0.39 is 0 Å². The van der Waals surface area contributed by atoms with Crippen molar-refractivity contribution in [2.45, 2.75) is 26.2 Å². The highest BCUT2D eigenvalue weighted by molar-refractivity contribution is 5.96. The number of aliphatic hydroxyl groups is 1. The van der Waals surface area contributed by atoms with Gasteiger partial charge in [-0.15, -0.1) is 10.2 Å². The molecule has 1 aromatic rings. The van der Waals surface area contributed by atoms with Crippen LogP contribution in [-0.4, -0.2) is 46.7 Å². The Labute approximate surface area is 145 Å². The minimum atomic E-state index is -0.227. The molecule has 0 aromatic carbocycles. The second kappa shape index (κ2) is 10.7. The van der Waals surface area contributed by atoms with Gasteiger partial charge in [0, 0.05) is 19.4 Å². The van der Waals surface area contributed by atoms with Gasteiger partial charge in [0.15, 0.2) is 5.84 Å². The average molecular weight is 349 g/mol. The fourth-order valence-electron chi connectivity index (χ4n) is 1.72. The summed E-state index contributed by atoms with van der Waals surface area (Å²) in [4.78, 5) is 27.2. The lowest BCUT2D eigenvalue weighted by Crippen LogP contribution is -2.26. The third-order valence-corrected chi connectivity index (χ3v) is 2.87. The summed E-state index contributed by atoms with van der Waals surface area (Å²) in [6.45, 7) is 1.69. The molecular weight excluding hydrogens is 326 g/mol. The van der Waals surface area contributed by atoms with E-state index in [1.165, 1.54) is 6.20 Å². The Morgan fingerprint density at radius 2 is 1.92 bits per heavy atom. The Bertz CT molecular complexity index is 637. The van der Waals surface area contributed by atoms with E-state index in [-0.39, 0.29) is 49.5 Å². The Morgan fingerprint density at radius 3 is 2.52 bits per heavy atom. The van der Waals surface area contributed by atoms with Crippen LogP contribution < -0.4 is 22.1 Å². The predicted molar refractivity (Wildman–Crippen MR) is 94.8 cm³/mol. The summed E-state index contributed by atoms with van der Waals surface area (Å²) in [6.07, 6.45) is 2.27. The van der Waals surface area contributed by atoms with E-state index in [9.17, 15) is 9.59 Å². The van der Waals surface area contributed by atoms with Crippen LogP contribution in [0.1, 0.15) is 31.9 Å². The summed E-state index contributed by atoms with van der Waals surface area (Å²) in [5.41, 5.74) is 12.0. The monoisotopic (exact) mass is 349 g/mol. The van der Waals surface area contributed by atoms with Crippen molar-refractivity contribution in [2.75, 3.05) is 18.5 Å².